The molecule has 1 N–H and O–H groups in total. The van der Waals surface area contributed by atoms with Crippen molar-refractivity contribution >= 4 is 0 Å². The fraction of sp³-hybridized carbons (Fsp3) is 0.625. The molecule has 1 aliphatic heterocycles. The van der Waals surface area contributed by atoms with E-state index in [1.54, 1.807) is 12.1 Å². The quantitative estimate of drug-likeness (QED) is 0.865. The summed E-state index contributed by atoms with van der Waals surface area (Å²) in [6.45, 7) is 9.80. The summed E-state index contributed by atoms with van der Waals surface area (Å²) in [6.07, 6.45) is 0. The van der Waals surface area contributed by atoms with Crippen molar-refractivity contribution in [2.75, 3.05) is 45.9 Å². The van der Waals surface area contributed by atoms with Gasteiger partial charge in [-0.1, -0.05) is 0 Å². The molecule has 2 rings (SSSR count). The van der Waals surface area contributed by atoms with Gasteiger partial charge in [-0.05, 0) is 38.1 Å². The summed E-state index contributed by atoms with van der Waals surface area (Å²) >= 11 is 0. The van der Waals surface area contributed by atoms with Gasteiger partial charge in [0.15, 0.2) is 0 Å². The molecule has 1 fully saturated rings. The normalized spacial score (nSPS) is 17.9. The summed E-state index contributed by atoms with van der Waals surface area (Å²) in [7, 11) is 0. The molecular weight excluding hydrogens is 271 g/mol. The number of hydrogen-bond donors (Lipinski definition) is 1. The van der Waals surface area contributed by atoms with Crippen LogP contribution in [0.4, 0.5) is 4.39 Å². The molecule has 1 heterocycles. The molecule has 1 saturated heterocycles. The SMILES string of the molecule is CC(C)(O)CN1CCN(CCOc2ccc(F)cc2)CC1. The lowest BCUT2D eigenvalue weighted by molar-refractivity contribution is 0.0162. The fourth-order valence-electron chi connectivity index (χ4n) is 2.54. The highest BCUT2D eigenvalue weighted by atomic mass is 19.1. The summed E-state index contributed by atoms with van der Waals surface area (Å²) in [4.78, 5) is 4.64. The minimum atomic E-state index is -0.631. The van der Waals surface area contributed by atoms with Gasteiger partial charge in [-0.15, -0.1) is 0 Å². The highest BCUT2D eigenvalue weighted by Crippen LogP contribution is 2.12. The Bertz CT molecular complexity index is 423. The highest BCUT2D eigenvalue weighted by Gasteiger charge is 2.22. The minimum Gasteiger partial charge on any atom is -0.492 e. The second-order valence-electron chi connectivity index (χ2n) is 6.23. The zero-order valence-electron chi connectivity index (χ0n) is 12.9. The van der Waals surface area contributed by atoms with Crippen LogP contribution in [0, 0.1) is 5.82 Å². The molecular formula is C16H25FN2O2. The van der Waals surface area contributed by atoms with E-state index in [1.165, 1.54) is 12.1 Å². The number of piperazine rings is 1. The average Bonchev–Trinajstić information content (AvgIpc) is 2.41. The number of nitrogens with zero attached hydrogens (tertiary/aromatic N) is 2. The Kier molecular flexibility index (Phi) is 5.56. The minimum absolute atomic E-state index is 0.245. The molecule has 0 unspecified atom stereocenters. The largest absolute Gasteiger partial charge is 0.492 e. The summed E-state index contributed by atoms with van der Waals surface area (Å²) in [5.41, 5.74) is -0.631. The van der Waals surface area contributed by atoms with Gasteiger partial charge in [-0.2, -0.15) is 0 Å². The molecule has 1 aromatic carbocycles. The second kappa shape index (κ2) is 7.20. The van der Waals surface area contributed by atoms with Crippen molar-refractivity contribution in [3.05, 3.63) is 30.1 Å². The van der Waals surface area contributed by atoms with Crippen molar-refractivity contribution in [2.24, 2.45) is 0 Å². The van der Waals surface area contributed by atoms with Crippen LogP contribution in [0.1, 0.15) is 13.8 Å². The molecule has 1 aliphatic rings. The summed E-state index contributed by atoms with van der Waals surface area (Å²) in [6, 6.07) is 6.11. The van der Waals surface area contributed by atoms with Crippen LogP contribution in [-0.2, 0) is 0 Å². The molecule has 0 atom stereocenters. The van der Waals surface area contributed by atoms with Gasteiger partial charge >= 0.3 is 0 Å². The first-order valence-corrected chi connectivity index (χ1v) is 7.48. The highest BCUT2D eigenvalue weighted by molar-refractivity contribution is 5.21. The van der Waals surface area contributed by atoms with Crippen molar-refractivity contribution in [3.63, 3.8) is 0 Å². The monoisotopic (exact) mass is 296 g/mol. The maximum Gasteiger partial charge on any atom is 0.123 e. The fourth-order valence-corrected chi connectivity index (χ4v) is 2.54. The van der Waals surface area contributed by atoms with Crippen LogP contribution in [0.5, 0.6) is 5.75 Å². The van der Waals surface area contributed by atoms with E-state index in [1.807, 2.05) is 13.8 Å². The molecule has 0 spiro atoms. The molecule has 0 bridgehead atoms. The van der Waals surface area contributed by atoms with Gasteiger partial charge in [0.1, 0.15) is 18.2 Å². The van der Waals surface area contributed by atoms with Gasteiger partial charge in [0.2, 0.25) is 0 Å². The van der Waals surface area contributed by atoms with E-state index >= 15 is 0 Å². The first-order chi connectivity index (χ1) is 9.92. The van der Waals surface area contributed by atoms with Gasteiger partial charge in [-0.3, -0.25) is 9.80 Å². The summed E-state index contributed by atoms with van der Waals surface area (Å²) in [5, 5.41) is 9.82. The molecule has 0 radical (unpaired) electrons. The van der Waals surface area contributed by atoms with Crippen LogP contribution in [0.15, 0.2) is 24.3 Å². The van der Waals surface area contributed by atoms with Crippen molar-refractivity contribution < 1.29 is 14.2 Å². The molecule has 4 nitrogen and oxygen atoms in total. The Balaban J connectivity index is 1.64. The number of halogens is 1. The maximum absolute atomic E-state index is 12.8. The van der Waals surface area contributed by atoms with Gasteiger partial charge in [0.25, 0.3) is 0 Å². The van der Waals surface area contributed by atoms with Crippen LogP contribution in [0.25, 0.3) is 0 Å². The zero-order chi connectivity index (χ0) is 15.3. The molecule has 0 saturated carbocycles. The number of benzene rings is 1. The maximum atomic E-state index is 12.8. The predicted molar refractivity (Wildman–Crippen MR) is 81.1 cm³/mol. The van der Waals surface area contributed by atoms with Crippen LogP contribution in [-0.4, -0.2) is 66.4 Å². The van der Waals surface area contributed by atoms with Gasteiger partial charge in [0, 0.05) is 39.3 Å². The van der Waals surface area contributed by atoms with Gasteiger partial charge < -0.3 is 9.84 Å². The van der Waals surface area contributed by atoms with Crippen LogP contribution in [0.2, 0.25) is 0 Å². The van der Waals surface area contributed by atoms with Crippen LogP contribution in [0.3, 0.4) is 0 Å². The van der Waals surface area contributed by atoms with Gasteiger partial charge in [0.05, 0.1) is 5.60 Å². The lowest BCUT2D eigenvalue weighted by Crippen LogP contribution is -2.51. The summed E-state index contributed by atoms with van der Waals surface area (Å²) in [5.74, 6) is 0.461. The zero-order valence-corrected chi connectivity index (χ0v) is 12.9. The molecule has 21 heavy (non-hydrogen) atoms. The van der Waals surface area contributed by atoms with E-state index in [-0.39, 0.29) is 5.82 Å². The number of aliphatic hydroxyl groups is 1. The standard InChI is InChI=1S/C16H25FN2O2/c1-16(2,20)13-19-9-7-18(8-10-19)11-12-21-15-5-3-14(17)4-6-15/h3-6,20H,7-13H2,1-2H3. The Morgan fingerprint density at radius 3 is 2.24 bits per heavy atom. The Hall–Kier alpha value is -1.17. The first kappa shape index (κ1) is 16.2. The number of hydrogen-bond acceptors (Lipinski definition) is 4. The number of ether oxygens (including phenoxy) is 1. The van der Waals surface area contributed by atoms with Crippen molar-refractivity contribution in [1.29, 1.82) is 0 Å². The van der Waals surface area contributed by atoms with Gasteiger partial charge in [-0.25, -0.2) is 4.39 Å². The predicted octanol–water partition coefficient (Wildman–Crippen LogP) is 1.59. The third-order valence-electron chi connectivity index (χ3n) is 3.57. The molecule has 1 aromatic rings. The third-order valence-corrected chi connectivity index (χ3v) is 3.57. The third kappa shape index (κ3) is 5.99. The van der Waals surface area contributed by atoms with E-state index in [9.17, 15) is 9.50 Å². The molecule has 5 heteroatoms. The van der Waals surface area contributed by atoms with E-state index in [4.69, 9.17) is 4.74 Å². The average molecular weight is 296 g/mol. The van der Waals surface area contributed by atoms with Crippen LogP contribution >= 0.6 is 0 Å². The smallest absolute Gasteiger partial charge is 0.123 e. The number of rotatable bonds is 6. The van der Waals surface area contributed by atoms with Crippen molar-refractivity contribution in [1.82, 2.24) is 9.80 Å². The Morgan fingerprint density at radius 2 is 1.67 bits per heavy atom. The molecule has 118 valence electrons. The first-order valence-electron chi connectivity index (χ1n) is 7.48. The van der Waals surface area contributed by atoms with E-state index in [2.05, 4.69) is 9.80 Å². The van der Waals surface area contributed by atoms with Crippen molar-refractivity contribution in [2.45, 2.75) is 19.4 Å². The second-order valence-corrected chi connectivity index (χ2v) is 6.23. The Labute approximate surface area is 126 Å². The molecule has 0 aromatic heterocycles. The van der Waals surface area contributed by atoms with Crippen LogP contribution < -0.4 is 4.74 Å². The van der Waals surface area contributed by atoms with Crippen molar-refractivity contribution in [3.8, 4) is 5.75 Å². The topological polar surface area (TPSA) is 35.9 Å². The summed E-state index contributed by atoms with van der Waals surface area (Å²) < 4.78 is 18.4. The van der Waals surface area contributed by atoms with E-state index in [0.717, 1.165) is 32.7 Å². The Morgan fingerprint density at radius 1 is 1.10 bits per heavy atom. The van der Waals surface area contributed by atoms with E-state index < -0.39 is 5.60 Å². The molecule has 0 amide bonds. The van der Waals surface area contributed by atoms with E-state index in [0.29, 0.717) is 18.9 Å². The lowest BCUT2D eigenvalue weighted by Gasteiger charge is -2.37. The molecule has 0 aliphatic carbocycles. The lowest BCUT2D eigenvalue weighted by atomic mass is 10.1. The number of β-amino-alcohol motifs (C(OH)–C–C–N with tert-alkyl or cyclic N) is 1.